The summed E-state index contributed by atoms with van der Waals surface area (Å²) in [6.07, 6.45) is 4.66. The summed E-state index contributed by atoms with van der Waals surface area (Å²) in [5, 5.41) is 0. The molecule has 2 rings (SSSR count). The van der Waals surface area contributed by atoms with Gasteiger partial charge in [0.15, 0.2) is 11.6 Å². The molecule has 1 aliphatic carbocycles. The van der Waals surface area contributed by atoms with Gasteiger partial charge in [0.1, 0.15) is 0 Å². The zero-order valence-corrected chi connectivity index (χ0v) is 11.2. The topological polar surface area (TPSA) is 35.2 Å². The van der Waals surface area contributed by atoms with E-state index in [0.717, 1.165) is 25.3 Å². The predicted octanol–water partition coefficient (Wildman–Crippen LogP) is 3.56. The molecule has 106 valence electrons. The number of hydrogen-bond donors (Lipinski definition) is 1. The van der Waals surface area contributed by atoms with E-state index >= 15 is 0 Å². The lowest BCUT2D eigenvalue weighted by Gasteiger charge is -2.28. The van der Waals surface area contributed by atoms with Crippen LogP contribution in [0.4, 0.5) is 8.78 Å². The summed E-state index contributed by atoms with van der Waals surface area (Å²) in [6, 6.07) is 3.45. The fourth-order valence-electron chi connectivity index (χ4n) is 2.67. The first-order valence-electron chi connectivity index (χ1n) is 6.89. The quantitative estimate of drug-likeness (QED) is 0.907. The molecule has 3 unspecified atom stereocenters. The number of ether oxygens (including phenoxy) is 1. The molecular formula is C15H21F2NO. The number of rotatable bonds is 4. The van der Waals surface area contributed by atoms with E-state index < -0.39 is 17.7 Å². The molecule has 1 aromatic carbocycles. The SMILES string of the molecule is CC1CCCC(OCC(N)c2cccc(F)c2F)C1. The van der Waals surface area contributed by atoms with Crippen molar-refractivity contribution in [3.8, 4) is 0 Å². The standard InChI is InChI=1S/C15H21F2NO/c1-10-4-2-5-11(8-10)19-9-14(18)12-6-3-7-13(16)15(12)17/h3,6-7,10-11,14H,2,4-5,8-9,18H2,1H3. The fourth-order valence-corrected chi connectivity index (χ4v) is 2.67. The summed E-state index contributed by atoms with van der Waals surface area (Å²) in [5.74, 6) is -1.06. The van der Waals surface area contributed by atoms with Crippen molar-refractivity contribution in [2.45, 2.75) is 44.8 Å². The zero-order chi connectivity index (χ0) is 13.8. The Morgan fingerprint density at radius 3 is 2.89 bits per heavy atom. The van der Waals surface area contributed by atoms with Crippen LogP contribution in [0.15, 0.2) is 18.2 Å². The van der Waals surface area contributed by atoms with Crippen molar-refractivity contribution >= 4 is 0 Å². The fraction of sp³-hybridized carbons (Fsp3) is 0.600. The van der Waals surface area contributed by atoms with Crippen LogP contribution in [-0.4, -0.2) is 12.7 Å². The first-order valence-corrected chi connectivity index (χ1v) is 6.89. The third kappa shape index (κ3) is 3.74. The smallest absolute Gasteiger partial charge is 0.163 e. The van der Waals surface area contributed by atoms with Crippen molar-refractivity contribution in [3.63, 3.8) is 0 Å². The van der Waals surface area contributed by atoms with Crippen molar-refractivity contribution in [2.75, 3.05) is 6.61 Å². The second-order valence-corrected chi connectivity index (χ2v) is 5.48. The normalized spacial score (nSPS) is 25.3. The molecule has 0 aliphatic heterocycles. The van der Waals surface area contributed by atoms with E-state index in [2.05, 4.69) is 6.92 Å². The van der Waals surface area contributed by atoms with Crippen molar-refractivity contribution in [1.82, 2.24) is 0 Å². The summed E-state index contributed by atoms with van der Waals surface area (Å²) < 4.78 is 32.4. The minimum Gasteiger partial charge on any atom is -0.376 e. The van der Waals surface area contributed by atoms with Gasteiger partial charge in [-0.2, -0.15) is 0 Å². The highest BCUT2D eigenvalue weighted by molar-refractivity contribution is 5.22. The van der Waals surface area contributed by atoms with Gasteiger partial charge in [-0.25, -0.2) is 8.78 Å². The third-order valence-electron chi connectivity index (χ3n) is 3.78. The van der Waals surface area contributed by atoms with Crippen molar-refractivity contribution in [1.29, 1.82) is 0 Å². The Balaban J connectivity index is 1.90. The molecule has 0 spiro atoms. The van der Waals surface area contributed by atoms with Crippen molar-refractivity contribution in [2.24, 2.45) is 11.7 Å². The van der Waals surface area contributed by atoms with Crippen LogP contribution in [0.25, 0.3) is 0 Å². The maximum absolute atomic E-state index is 13.6. The summed E-state index contributed by atoms with van der Waals surface area (Å²) in [4.78, 5) is 0. The van der Waals surface area contributed by atoms with E-state index in [-0.39, 0.29) is 18.3 Å². The summed E-state index contributed by atoms with van der Waals surface area (Å²) in [6.45, 7) is 2.44. The van der Waals surface area contributed by atoms with Crippen LogP contribution in [0.5, 0.6) is 0 Å². The molecule has 1 saturated carbocycles. The molecule has 1 fully saturated rings. The Bertz CT molecular complexity index is 425. The van der Waals surface area contributed by atoms with Crippen LogP contribution in [-0.2, 0) is 4.74 Å². The van der Waals surface area contributed by atoms with Gasteiger partial charge < -0.3 is 10.5 Å². The Morgan fingerprint density at radius 1 is 1.37 bits per heavy atom. The monoisotopic (exact) mass is 269 g/mol. The van der Waals surface area contributed by atoms with E-state index in [1.165, 1.54) is 18.6 Å². The molecule has 2 N–H and O–H groups in total. The average Bonchev–Trinajstić information content (AvgIpc) is 2.39. The molecule has 0 bridgehead atoms. The van der Waals surface area contributed by atoms with Crippen LogP contribution in [0.1, 0.15) is 44.2 Å². The Hall–Kier alpha value is -1.00. The van der Waals surface area contributed by atoms with E-state index in [1.54, 1.807) is 0 Å². The van der Waals surface area contributed by atoms with E-state index in [9.17, 15) is 8.78 Å². The molecular weight excluding hydrogens is 248 g/mol. The van der Waals surface area contributed by atoms with Crippen LogP contribution in [0, 0.1) is 17.6 Å². The van der Waals surface area contributed by atoms with Gasteiger partial charge in [-0.3, -0.25) is 0 Å². The van der Waals surface area contributed by atoms with Crippen LogP contribution >= 0.6 is 0 Å². The lowest BCUT2D eigenvalue weighted by molar-refractivity contribution is 0.00811. The molecule has 4 heteroatoms. The largest absolute Gasteiger partial charge is 0.376 e. The van der Waals surface area contributed by atoms with Gasteiger partial charge in [0.2, 0.25) is 0 Å². The highest BCUT2D eigenvalue weighted by Gasteiger charge is 2.21. The van der Waals surface area contributed by atoms with Crippen LogP contribution < -0.4 is 5.73 Å². The lowest BCUT2D eigenvalue weighted by atomic mass is 9.89. The molecule has 0 aromatic heterocycles. The van der Waals surface area contributed by atoms with Gasteiger partial charge in [0.05, 0.1) is 18.8 Å². The predicted molar refractivity (Wildman–Crippen MR) is 70.7 cm³/mol. The second-order valence-electron chi connectivity index (χ2n) is 5.48. The molecule has 1 aliphatic rings. The molecule has 0 radical (unpaired) electrons. The summed E-state index contributed by atoms with van der Waals surface area (Å²) >= 11 is 0. The van der Waals surface area contributed by atoms with E-state index in [1.807, 2.05) is 0 Å². The number of benzene rings is 1. The molecule has 1 aromatic rings. The first kappa shape index (κ1) is 14.4. The van der Waals surface area contributed by atoms with Gasteiger partial charge in [0.25, 0.3) is 0 Å². The molecule has 0 saturated heterocycles. The van der Waals surface area contributed by atoms with Crippen LogP contribution in [0.2, 0.25) is 0 Å². The van der Waals surface area contributed by atoms with E-state index in [4.69, 9.17) is 10.5 Å². The Labute approximate surface area is 112 Å². The molecule has 0 heterocycles. The summed E-state index contributed by atoms with van der Waals surface area (Å²) in [7, 11) is 0. The maximum Gasteiger partial charge on any atom is 0.163 e. The second kappa shape index (κ2) is 6.44. The lowest BCUT2D eigenvalue weighted by Crippen LogP contribution is -2.26. The number of hydrogen-bond acceptors (Lipinski definition) is 2. The van der Waals surface area contributed by atoms with Gasteiger partial charge in [-0.15, -0.1) is 0 Å². The Morgan fingerprint density at radius 2 is 2.16 bits per heavy atom. The van der Waals surface area contributed by atoms with Gasteiger partial charge in [-0.1, -0.05) is 31.9 Å². The first-order chi connectivity index (χ1) is 9.08. The molecule has 3 atom stereocenters. The van der Waals surface area contributed by atoms with Gasteiger partial charge in [0, 0.05) is 5.56 Å². The van der Waals surface area contributed by atoms with Gasteiger partial charge >= 0.3 is 0 Å². The highest BCUT2D eigenvalue weighted by Crippen LogP contribution is 2.27. The zero-order valence-electron chi connectivity index (χ0n) is 11.2. The van der Waals surface area contributed by atoms with Crippen molar-refractivity contribution in [3.05, 3.63) is 35.4 Å². The highest BCUT2D eigenvalue weighted by atomic mass is 19.2. The molecule has 19 heavy (non-hydrogen) atoms. The number of nitrogens with two attached hydrogens (primary N) is 1. The number of halogens is 2. The minimum absolute atomic E-state index is 0.184. The molecule has 0 amide bonds. The van der Waals surface area contributed by atoms with E-state index in [0.29, 0.717) is 5.92 Å². The molecule has 2 nitrogen and oxygen atoms in total. The van der Waals surface area contributed by atoms with Crippen LogP contribution in [0.3, 0.4) is 0 Å². The third-order valence-corrected chi connectivity index (χ3v) is 3.78. The minimum atomic E-state index is -0.865. The summed E-state index contributed by atoms with van der Waals surface area (Å²) in [5.41, 5.74) is 6.07. The average molecular weight is 269 g/mol. The van der Waals surface area contributed by atoms with Gasteiger partial charge in [-0.05, 0) is 24.8 Å². The van der Waals surface area contributed by atoms with Crippen molar-refractivity contribution < 1.29 is 13.5 Å². The Kier molecular flexibility index (Phi) is 4.88. The maximum atomic E-state index is 13.6.